The summed E-state index contributed by atoms with van der Waals surface area (Å²) < 4.78 is 6.11. The molecule has 1 saturated carbocycles. The van der Waals surface area contributed by atoms with Crippen LogP contribution in [-0.2, 0) is 4.74 Å². The maximum absolute atomic E-state index is 6.11. The van der Waals surface area contributed by atoms with Crippen LogP contribution in [0.15, 0.2) is 18.5 Å². The molecule has 22 heavy (non-hydrogen) atoms. The molecule has 116 valence electrons. The van der Waals surface area contributed by atoms with E-state index in [2.05, 4.69) is 32.4 Å². The van der Waals surface area contributed by atoms with E-state index in [-0.39, 0.29) is 12.2 Å². The molecule has 2 N–H and O–H groups in total. The number of nitrogens with zero attached hydrogens (tertiary/aromatic N) is 3. The van der Waals surface area contributed by atoms with E-state index < -0.39 is 0 Å². The van der Waals surface area contributed by atoms with E-state index in [1.54, 1.807) is 0 Å². The van der Waals surface area contributed by atoms with E-state index in [1.807, 2.05) is 18.5 Å². The van der Waals surface area contributed by atoms with Crippen LogP contribution < -0.4 is 5.32 Å². The first kappa shape index (κ1) is 13.7. The lowest BCUT2D eigenvalue weighted by Crippen LogP contribution is -2.19. The molecule has 0 radical (unpaired) electrons. The van der Waals surface area contributed by atoms with Gasteiger partial charge in [0.15, 0.2) is 11.6 Å². The zero-order valence-electron chi connectivity index (χ0n) is 12.7. The van der Waals surface area contributed by atoms with Crippen LogP contribution in [0.2, 0.25) is 0 Å². The summed E-state index contributed by atoms with van der Waals surface area (Å²) in [5.41, 5.74) is 2.28. The Hall–Kier alpha value is -1.95. The molecule has 4 rings (SSSR count). The van der Waals surface area contributed by atoms with Crippen molar-refractivity contribution in [2.24, 2.45) is 0 Å². The molecule has 6 nitrogen and oxygen atoms in total. The van der Waals surface area contributed by atoms with Gasteiger partial charge in [-0.25, -0.2) is 4.98 Å². The maximum Gasteiger partial charge on any atom is 0.153 e. The predicted molar refractivity (Wildman–Crippen MR) is 82.7 cm³/mol. The van der Waals surface area contributed by atoms with Crippen molar-refractivity contribution in [1.82, 2.24) is 20.2 Å². The Labute approximate surface area is 129 Å². The molecule has 1 aliphatic heterocycles. The summed E-state index contributed by atoms with van der Waals surface area (Å²) in [7, 11) is 0. The molecule has 1 saturated heterocycles. The smallest absolute Gasteiger partial charge is 0.153 e. The van der Waals surface area contributed by atoms with Crippen molar-refractivity contribution in [2.75, 3.05) is 11.9 Å². The number of nitrogens with one attached hydrogen (secondary N) is 2. The number of ether oxygens (including phenoxy) is 1. The molecule has 2 aromatic heterocycles. The second-order valence-corrected chi connectivity index (χ2v) is 6.25. The van der Waals surface area contributed by atoms with Crippen molar-refractivity contribution >= 4 is 5.69 Å². The quantitative estimate of drug-likeness (QED) is 0.888. The molecule has 0 amide bonds. The minimum absolute atomic E-state index is 0.0605. The van der Waals surface area contributed by atoms with Gasteiger partial charge in [0.05, 0.1) is 6.10 Å². The Morgan fingerprint density at radius 1 is 1.32 bits per heavy atom. The van der Waals surface area contributed by atoms with Crippen LogP contribution >= 0.6 is 0 Å². The molecule has 6 heteroatoms. The van der Waals surface area contributed by atoms with E-state index in [4.69, 9.17) is 4.74 Å². The Kier molecular flexibility index (Phi) is 3.54. The average Bonchev–Trinajstić information content (AvgIpc) is 3.08. The fourth-order valence-corrected chi connectivity index (χ4v) is 2.91. The van der Waals surface area contributed by atoms with Gasteiger partial charge in [0.2, 0.25) is 0 Å². The Morgan fingerprint density at radius 3 is 3.05 bits per heavy atom. The fraction of sp³-hybridized carbons (Fsp3) is 0.562. The molecule has 0 spiro atoms. The number of aromatic amines is 1. The number of anilines is 1. The first-order valence-corrected chi connectivity index (χ1v) is 8.02. The van der Waals surface area contributed by atoms with Gasteiger partial charge in [-0.1, -0.05) is 0 Å². The van der Waals surface area contributed by atoms with Crippen LogP contribution in [0.1, 0.15) is 54.9 Å². The highest BCUT2D eigenvalue weighted by Crippen LogP contribution is 2.39. The molecule has 0 unspecified atom stereocenters. The lowest BCUT2D eigenvalue weighted by Gasteiger charge is -2.14. The number of H-pyrrole nitrogens is 1. The molecule has 2 fully saturated rings. The molecular formula is C16H21N5O. The van der Waals surface area contributed by atoms with Crippen molar-refractivity contribution < 1.29 is 4.74 Å². The van der Waals surface area contributed by atoms with Gasteiger partial charge in [-0.3, -0.25) is 10.1 Å². The summed E-state index contributed by atoms with van der Waals surface area (Å²) in [5.74, 6) is 2.44. The molecule has 0 aromatic carbocycles. The van der Waals surface area contributed by atoms with Gasteiger partial charge in [-0.2, -0.15) is 5.10 Å². The van der Waals surface area contributed by atoms with Gasteiger partial charge < -0.3 is 10.1 Å². The molecule has 2 aromatic rings. The lowest BCUT2D eigenvalue weighted by atomic mass is 10.2. The Morgan fingerprint density at radius 2 is 2.23 bits per heavy atom. The van der Waals surface area contributed by atoms with Gasteiger partial charge in [0.1, 0.15) is 6.10 Å². The standard InChI is InChI=1S/C16H21N5O/c1-10-8-17-7-6-13(10)18-9-12-4-5-14(22-12)16-19-15(20-21-16)11-2-3-11/h6-8,11-12,14H,2-5,9H2,1H3,(H,17,18)(H,19,20,21)/t12-,14+/m1/s1. The summed E-state index contributed by atoms with van der Waals surface area (Å²) in [5, 5.41) is 10.8. The zero-order chi connectivity index (χ0) is 14.9. The van der Waals surface area contributed by atoms with E-state index in [0.29, 0.717) is 5.92 Å². The van der Waals surface area contributed by atoms with Crippen LogP contribution in [0.4, 0.5) is 5.69 Å². The third-order valence-corrected chi connectivity index (χ3v) is 4.42. The third kappa shape index (κ3) is 2.83. The average molecular weight is 299 g/mol. The van der Waals surface area contributed by atoms with Gasteiger partial charge in [-0.05, 0) is 44.2 Å². The van der Waals surface area contributed by atoms with Gasteiger partial charge in [0, 0.05) is 30.5 Å². The van der Waals surface area contributed by atoms with E-state index in [9.17, 15) is 0 Å². The van der Waals surface area contributed by atoms with Crippen molar-refractivity contribution in [1.29, 1.82) is 0 Å². The van der Waals surface area contributed by atoms with Crippen molar-refractivity contribution in [2.45, 2.75) is 50.7 Å². The summed E-state index contributed by atoms with van der Waals surface area (Å²) in [4.78, 5) is 8.71. The minimum Gasteiger partial charge on any atom is -0.382 e. The van der Waals surface area contributed by atoms with Gasteiger partial charge in [-0.15, -0.1) is 0 Å². The molecule has 2 aliphatic rings. The normalized spacial score (nSPS) is 24.6. The molecule has 0 bridgehead atoms. The van der Waals surface area contributed by atoms with Crippen LogP contribution in [0.5, 0.6) is 0 Å². The Balaban J connectivity index is 1.33. The molecule has 1 aliphatic carbocycles. The topological polar surface area (TPSA) is 75.7 Å². The van der Waals surface area contributed by atoms with E-state index >= 15 is 0 Å². The monoisotopic (exact) mass is 299 g/mol. The number of hydrogen-bond acceptors (Lipinski definition) is 5. The van der Waals surface area contributed by atoms with E-state index in [0.717, 1.165) is 42.3 Å². The highest BCUT2D eigenvalue weighted by atomic mass is 16.5. The zero-order valence-corrected chi connectivity index (χ0v) is 12.7. The highest BCUT2D eigenvalue weighted by molar-refractivity contribution is 5.48. The van der Waals surface area contributed by atoms with Crippen molar-refractivity contribution in [3.63, 3.8) is 0 Å². The molecule has 2 atom stereocenters. The number of rotatable bonds is 5. The number of pyridine rings is 1. The summed E-state index contributed by atoms with van der Waals surface area (Å²) in [6.07, 6.45) is 8.44. The minimum atomic E-state index is 0.0605. The Bertz CT molecular complexity index is 651. The van der Waals surface area contributed by atoms with Crippen LogP contribution in [0.3, 0.4) is 0 Å². The second-order valence-electron chi connectivity index (χ2n) is 6.25. The van der Waals surface area contributed by atoms with Crippen molar-refractivity contribution in [3.05, 3.63) is 35.7 Å². The number of hydrogen-bond donors (Lipinski definition) is 2. The second kappa shape index (κ2) is 5.68. The van der Waals surface area contributed by atoms with Crippen LogP contribution in [0.25, 0.3) is 0 Å². The number of aromatic nitrogens is 4. The summed E-state index contributed by atoms with van der Waals surface area (Å²) in [6.45, 7) is 2.87. The largest absolute Gasteiger partial charge is 0.382 e. The first-order chi connectivity index (χ1) is 10.8. The van der Waals surface area contributed by atoms with E-state index in [1.165, 1.54) is 12.8 Å². The summed E-state index contributed by atoms with van der Waals surface area (Å²) in [6, 6.07) is 2.00. The van der Waals surface area contributed by atoms with Gasteiger partial charge in [0.25, 0.3) is 0 Å². The predicted octanol–water partition coefficient (Wildman–Crippen LogP) is 2.72. The third-order valence-electron chi connectivity index (χ3n) is 4.42. The van der Waals surface area contributed by atoms with Crippen LogP contribution in [0, 0.1) is 6.92 Å². The first-order valence-electron chi connectivity index (χ1n) is 8.02. The molecule has 3 heterocycles. The lowest BCUT2D eigenvalue weighted by molar-refractivity contribution is 0.0472. The SMILES string of the molecule is Cc1cnccc1NC[C@H]1CC[C@@H](c2nc(C3CC3)n[nH]2)O1. The molecular weight excluding hydrogens is 278 g/mol. The summed E-state index contributed by atoms with van der Waals surface area (Å²) >= 11 is 0. The van der Waals surface area contributed by atoms with Crippen LogP contribution in [-0.4, -0.2) is 32.8 Å². The fourth-order valence-electron chi connectivity index (χ4n) is 2.91. The maximum atomic E-state index is 6.11. The van der Waals surface area contributed by atoms with Gasteiger partial charge >= 0.3 is 0 Å². The highest BCUT2D eigenvalue weighted by Gasteiger charge is 2.32. The number of aryl methyl sites for hydroxylation is 1. The van der Waals surface area contributed by atoms with Crippen molar-refractivity contribution in [3.8, 4) is 0 Å².